The third-order valence-electron chi connectivity index (χ3n) is 1.33. The molecule has 4 heteroatoms. The minimum Gasteiger partial charge on any atom is -0.469 e. The fraction of sp³-hybridized carbons (Fsp3) is 0.556. The largest absolute Gasteiger partial charge is 0.469 e. The second-order valence-electron chi connectivity index (χ2n) is 2.41. The van der Waals surface area contributed by atoms with E-state index in [1.54, 1.807) is 17.8 Å². The standard InChI is InChI=1S/C9H14O3S/c1-3-5-13-6-4-8(10)7-9(11)12-2/h3H,1,4-7H2,2H3. The molecule has 0 radical (unpaired) electrons. The van der Waals surface area contributed by atoms with E-state index in [0.29, 0.717) is 6.42 Å². The summed E-state index contributed by atoms with van der Waals surface area (Å²) in [7, 11) is 1.28. The summed E-state index contributed by atoms with van der Waals surface area (Å²) in [4.78, 5) is 21.7. The van der Waals surface area contributed by atoms with Gasteiger partial charge in [-0.25, -0.2) is 0 Å². The molecule has 0 fully saturated rings. The van der Waals surface area contributed by atoms with Crippen molar-refractivity contribution >= 4 is 23.5 Å². The molecule has 0 saturated carbocycles. The molecule has 0 aromatic rings. The van der Waals surface area contributed by atoms with E-state index in [0.717, 1.165) is 11.5 Å². The lowest BCUT2D eigenvalue weighted by Gasteiger charge is -1.98. The zero-order chi connectivity index (χ0) is 10.1. The predicted molar refractivity (Wildman–Crippen MR) is 53.8 cm³/mol. The summed E-state index contributed by atoms with van der Waals surface area (Å²) in [5, 5.41) is 0. The molecule has 0 aliphatic rings. The van der Waals surface area contributed by atoms with Gasteiger partial charge >= 0.3 is 5.97 Å². The van der Waals surface area contributed by atoms with Crippen LogP contribution in [0.4, 0.5) is 0 Å². The molecule has 0 bridgehead atoms. The summed E-state index contributed by atoms with van der Waals surface area (Å²) >= 11 is 1.63. The first-order valence-corrected chi connectivity index (χ1v) is 5.13. The predicted octanol–water partition coefficient (Wildman–Crippen LogP) is 1.43. The van der Waals surface area contributed by atoms with Gasteiger partial charge < -0.3 is 4.74 Å². The van der Waals surface area contributed by atoms with Gasteiger partial charge in [0.25, 0.3) is 0 Å². The first-order valence-electron chi connectivity index (χ1n) is 3.98. The van der Waals surface area contributed by atoms with Crippen LogP contribution in [0.25, 0.3) is 0 Å². The van der Waals surface area contributed by atoms with Gasteiger partial charge in [0.1, 0.15) is 12.2 Å². The molecule has 0 aromatic heterocycles. The van der Waals surface area contributed by atoms with Crippen LogP contribution in [0.5, 0.6) is 0 Å². The molecule has 0 rings (SSSR count). The number of Topliss-reactive ketones (excluding diaryl/α,β-unsaturated/α-hetero) is 1. The zero-order valence-corrected chi connectivity index (χ0v) is 8.56. The van der Waals surface area contributed by atoms with Crippen molar-refractivity contribution in [2.45, 2.75) is 12.8 Å². The highest BCUT2D eigenvalue weighted by Crippen LogP contribution is 2.04. The average molecular weight is 202 g/mol. The Morgan fingerprint density at radius 3 is 2.77 bits per heavy atom. The van der Waals surface area contributed by atoms with E-state index in [9.17, 15) is 9.59 Å². The second-order valence-corrected chi connectivity index (χ2v) is 3.56. The Morgan fingerprint density at radius 1 is 1.54 bits per heavy atom. The van der Waals surface area contributed by atoms with E-state index >= 15 is 0 Å². The van der Waals surface area contributed by atoms with Gasteiger partial charge in [0.2, 0.25) is 0 Å². The topological polar surface area (TPSA) is 43.4 Å². The van der Waals surface area contributed by atoms with Crippen molar-refractivity contribution in [1.82, 2.24) is 0 Å². The van der Waals surface area contributed by atoms with Gasteiger partial charge in [-0.05, 0) is 0 Å². The monoisotopic (exact) mass is 202 g/mol. The maximum absolute atomic E-state index is 11.0. The number of thioether (sulfide) groups is 1. The minimum atomic E-state index is -0.460. The molecule has 0 atom stereocenters. The lowest BCUT2D eigenvalue weighted by atomic mass is 10.2. The van der Waals surface area contributed by atoms with Crippen molar-refractivity contribution in [2.75, 3.05) is 18.6 Å². The number of carbonyl (C=O) groups excluding carboxylic acids is 2. The molecule has 3 nitrogen and oxygen atoms in total. The first kappa shape index (κ1) is 12.2. The SMILES string of the molecule is C=CCSCCC(=O)CC(=O)OC. The summed E-state index contributed by atoms with van der Waals surface area (Å²) in [6, 6.07) is 0. The first-order chi connectivity index (χ1) is 6.20. The number of rotatable bonds is 7. The fourth-order valence-corrected chi connectivity index (χ4v) is 1.38. The van der Waals surface area contributed by atoms with Gasteiger partial charge in [0.05, 0.1) is 7.11 Å². The molecule has 74 valence electrons. The summed E-state index contributed by atoms with van der Waals surface area (Å²) in [5.74, 6) is 1.05. The van der Waals surface area contributed by atoms with Gasteiger partial charge in [-0.2, -0.15) is 11.8 Å². The molecule has 0 aliphatic carbocycles. The number of hydrogen-bond acceptors (Lipinski definition) is 4. The van der Waals surface area contributed by atoms with Crippen LogP contribution in [0.3, 0.4) is 0 Å². The van der Waals surface area contributed by atoms with Gasteiger partial charge in [-0.1, -0.05) is 6.08 Å². The van der Waals surface area contributed by atoms with Crippen molar-refractivity contribution in [1.29, 1.82) is 0 Å². The second kappa shape index (κ2) is 7.86. The van der Waals surface area contributed by atoms with Crippen LogP contribution in [0.15, 0.2) is 12.7 Å². The summed E-state index contributed by atoms with van der Waals surface area (Å²) in [5.41, 5.74) is 0. The van der Waals surface area contributed by atoms with E-state index in [1.165, 1.54) is 7.11 Å². The molecule has 0 N–H and O–H groups in total. The van der Waals surface area contributed by atoms with Gasteiger partial charge in [-0.3, -0.25) is 9.59 Å². The van der Waals surface area contributed by atoms with E-state index in [2.05, 4.69) is 11.3 Å². The third-order valence-corrected chi connectivity index (χ3v) is 2.29. The molecule has 0 aliphatic heterocycles. The van der Waals surface area contributed by atoms with Crippen LogP contribution in [0, 0.1) is 0 Å². The highest BCUT2D eigenvalue weighted by molar-refractivity contribution is 7.99. The van der Waals surface area contributed by atoms with Crippen LogP contribution in [-0.2, 0) is 14.3 Å². The Bertz CT molecular complexity index is 189. The number of carbonyl (C=O) groups is 2. The highest BCUT2D eigenvalue weighted by atomic mass is 32.2. The van der Waals surface area contributed by atoms with Crippen LogP contribution >= 0.6 is 11.8 Å². The van der Waals surface area contributed by atoms with Crippen molar-refractivity contribution in [2.24, 2.45) is 0 Å². The van der Waals surface area contributed by atoms with Crippen LogP contribution in [-0.4, -0.2) is 30.4 Å². The molecular weight excluding hydrogens is 188 g/mol. The zero-order valence-electron chi connectivity index (χ0n) is 7.75. The lowest BCUT2D eigenvalue weighted by Crippen LogP contribution is -2.09. The normalized spacial score (nSPS) is 9.31. The maximum atomic E-state index is 11.0. The molecular formula is C9H14O3S. The van der Waals surface area contributed by atoms with Gasteiger partial charge in [-0.15, -0.1) is 6.58 Å². The van der Waals surface area contributed by atoms with Crippen molar-refractivity contribution in [3.8, 4) is 0 Å². The quantitative estimate of drug-likeness (QED) is 0.271. The number of methoxy groups -OCH3 is 1. The molecule has 0 heterocycles. The summed E-state index contributed by atoms with van der Waals surface area (Å²) in [6.07, 6.45) is 2.11. The summed E-state index contributed by atoms with van der Waals surface area (Å²) in [6.45, 7) is 3.56. The van der Waals surface area contributed by atoms with E-state index in [1.807, 2.05) is 0 Å². The van der Waals surface area contributed by atoms with Crippen molar-refractivity contribution in [3.05, 3.63) is 12.7 Å². The molecule has 0 spiro atoms. The Balaban J connectivity index is 3.40. The van der Waals surface area contributed by atoms with Crippen LogP contribution in [0.2, 0.25) is 0 Å². The number of hydrogen-bond donors (Lipinski definition) is 0. The van der Waals surface area contributed by atoms with Gasteiger partial charge in [0.15, 0.2) is 0 Å². The van der Waals surface area contributed by atoms with E-state index in [4.69, 9.17) is 0 Å². The molecule has 13 heavy (non-hydrogen) atoms. The van der Waals surface area contributed by atoms with Crippen molar-refractivity contribution < 1.29 is 14.3 Å². The lowest BCUT2D eigenvalue weighted by molar-refractivity contribution is -0.143. The molecule has 0 amide bonds. The smallest absolute Gasteiger partial charge is 0.313 e. The van der Waals surface area contributed by atoms with Gasteiger partial charge in [0, 0.05) is 17.9 Å². The molecule has 0 unspecified atom stereocenters. The Hall–Kier alpha value is -0.770. The highest BCUT2D eigenvalue weighted by Gasteiger charge is 2.08. The maximum Gasteiger partial charge on any atom is 0.313 e. The van der Waals surface area contributed by atoms with E-state index < -0.39 is 5.97 Å². The van der Waals surface area contributed by atoms with Crippen LogP contribution < -0.4 is 0 Å². The summed E-state index contributed by atoms with van der Waals surface area (Å²) < 4.78 is 4.37. The number of ether oxygens (including phenoxy) is 1. The fourth-order valence-electron chi connectivity index (χ4n) is 0.674. The molecule has 0 saturated heterocycles. The Labute approximate surface area is 82.5 Å². The van der Waals surface area contributed by atoms with E-state index in [-0.39, 0.29) is 12.2 Å². The Kier molecular flexibility index (Phi) is 7.39. The average Bonchev–Trinajstić information content (AvgIpc) is 2.12. The minimum absolute atomic E-state index is 0.0663. The number of esters is 1. The van der Waals surface area contributed by atoms with Crippen LogP contribution in [0.1, 0.15) is 12.8 Å². The number of ketones is 1. The molecule has 0 aromatic carbocycles. The van der Waals surface area contributed by atoms with Crippen molar-refractivity contribution in [3.63, 3.8) is 0 Å². The Morgan fingerprint density at radius 2 is 2.23 bits per heavy atom. The third kappa shape index (κ3) is 7.59.